The number of methoxy groups -OCH3 is 1. The fourth-order valence-electron chi connectivity index (χ4n) is 2.01. The second kappa shape index (κ2) is 4.76. The maximum atomic E-state index is 5.90. The molecule has 1 aromatic carbocycles. The van der Waals surface area contributed by atoms with Crippen molar-refractivity contribution in [3.8, 4) is 5.75 Å². The normalized spacial score (nSPS) is 28.9. The third kappa shape index (κ3) is 2.11. The van der Waals surface area contributed by atoms with Crippen molar-refractivity contribution in [2.24, 2.45) is 5.92 Å². The highest BCUT2D eigenvalue weighted by Gasteiger charge is 2.43. The van der Waals surface area contributed by atoms with Crippen LogP contribution in [0.4, 0.5) is 0 Å². The number of benzene rings is 1. The zero-order chi connectivity index (χ0) is 11.7. The van der Waals surface area contributed by atoms with Crippen LogP contribution in [0.15, 0.2) is 24.3 Å². The van der Waals surface area contributed by atoms with Crippen LogP contribution < -0.4 is 4.74 Å². The summed E-state index contributed by atoms with van der Waals surface area (Å²) in [6, 6.07) is 8.07. The molecule has 3 atom stereocenters. The molecule has 0 radical (unpaired) electrons. The molecule has 88 valence electrons. The molecule has 0 spiro atoms. The molecule has 1 saturated heterocycles. The Morgan fingerprint density at radius 2 is 2.12 bits per heavy atom. The second-order valence-electron chi connectivity index (χ2n) is 4.49. The highest BCUT2D eigenvalue weighted by Crippen LogP contribution is 2.44. The van der Waals surface area contributed by atoms with Crippen molar-refractivity contribution in [2.75, 3.05) is 7.11 Å². The lowest BCUT2D eigenvalue weighted by atomic mass is 9.91. The lowest BCUT2D eigenvalue weighted by Gasteiger charge is -2.44. The average Bonchev–Trinajstić information content (AvgIpc) is 2.27. The highest BCUT2D eigenvalue weighted by molar-refractivity contribution is 9.09. The van der Waals surface area contributed by atoms with Gasteiger partial charge >= 0.3 is 0 Å². The fraction of sp³-hybridized carbons (Fsp3) is 0.538. The molecule has 1 aliphatic rings. The van der Waals surface area contributed by atoms with Gasteiger partial charge in [0.15, 0.2) is 0 Å². The van der Waals surface area contributed by atoms with Crippen LogP contribution >= 0.6 is 15.9 Å². The lowest BCUT2D eigenvalue weighted by Crippen LogP contribution is -2.46. The van der Waals surface area contributed by atoms with Crippen molar-refractivity contribution in [3.63, 3.8) is 0 Å². The van der Waals surface area contributed by atoms with E-state index in [1.54, 1.807) is 7.11 Å². The van der Waals surface area contributed by atoms with Crippen LogP contribution in [0.5, 0.6) is 5.75 Å². The summed E-state index contributed by atoms with van der Waals surface area (Å²) in [5, 5.41) is 0. The zero-order valence-corrected chi connectivity index (χ0v) is 11.4. The van der Waals surface area contributed by atoms with E-state index in [0.717, 1.165) is 5.75 Å². The Kier molecular flexibility index (Phi) is 3.55. The van der Waals surface area contributed by atoms with Crippen LogP contribution in [0, 0.1) is 5.92 Å². The van der Waals surface area contributed by atoms with E-state index in [2.05, 4.69) is 35.8 Å². The SMILES string of the molecule is COc1cccc(C2OC(C(C)C)C2Br)c1. The molecule has 1 aromatic rings. The molecule has 0 bridgehead atoms. The average molecular weight is 285 g/mol. The Bertz CT molecular complexity index is 365. The van der Waals surface area contributed by atoms with Crippen LogP contribution in [0.25, 0.3) is 0 Å². The number of hydrogen-bond acceptors (Lipinski definition) is 2. The van der Waals surface area contributed by atoms with Gasteiger partial charge in [-0.05, 0) is 23.6 Å². The van der Waals surface area contributed by atoms with Gasteiger partial charge < -0.3 is 9.47 Å². The highest BCUT2D eigenvalue weighted by atomic mass is 79.9. The molecule has 0 amide bonds. The van der Waals surface area contributed by atoms with Gasteiger partial charge in [0.2, 0.25) is 0 Å². The number of rotatable bonds is 3. The zero-order valence-electron chi connectivity index (χ0n) is 9.81. The van der Waals surface area contributed by atoms with Crippen molar-refractivity contribution in [3.05, 3.63) is 29.8 Å². The van der Waals surface area contributed by atoms with Gasteiger partial charge in [-0.3, -0.25) is 0 Å². The van der Waals surface area contributed by atoms with Crippen molar-refractivity contribution in [2.45, 2.75) is 30.9 Å². The summed E-state index contributed by atoms with van der Waals surface area (Å²) in [5.74, 6) is 1.43. The number of halogens is 1. The monoisotopic (exact) mass is 284 g/mol. The third-order valence-electron chi connectivity index (χ3n) is 2.99. The smallest absolute Gasteiger partial charge is 0.119 e. The first-order valence-electron chi connectivity index (χ1n) is 5.57. The molecule has 1 fully saturated rings. The largest absolute Gasteiger partial charge is 0.497 e. The summed E-state index contributed by atoms with van der Waals surface area (Å²) in [7, 11) is 1.68. The van der Waals surface area contributed by atoms with Gasteiger partial charge in [-0.15, -0.1) is 0 Å². The van der Waals surface area contributed by atoms with Gasteiger partial charge in [-0.2, -0.15) is 0 Å². The second-order valence-corrected chi connectivity index (χ2v) is 5.54. The molecule has 0 aromatic heterocycles. The molecule has 0 aliphatic carbocycles. The van der Waals surface area contributed by atoms with Crippen LogP contribution in [0.2, 0.25) is 0 Å². The molecule has 3 unspecified atom stereocenters. The topological polar surface area (TPSA) is 18.5 Å². The first-order chi connectivity index (χ1) is 7.63. The minimum Gasteiger partial charge on any atom is -0.497 e. The van der Waals surface area contributed by atoms with Gasteiger partial charge in [0, 0.05) is 0 Å². The Hall–Kier alpha value is -0.540. The van der Waals surface area contributed by atoms with Crippen LogP contribution in [0.1, 0.15) is 25.5 Å². The quantitative estimate of drug-likeness (QED) is 0.791. The molecular formula is C13H17BrO2. The van der Waals surface area contributed by atoms with Gasteiger partial charge in [0.25, 0.3) is 0 Å². The minimum absolute atomic E-state index is 0.155. The summed E-state index contributed by atoms with van der Waals surface area (Å²) in [4.78, 5) is 0.402. The van der Waals surface area contributed by atoms with E-state index >= 15 is 0 Å². The van der Waals surface area contributed by atoms with Gasteiger partial charge in [-0.25, -0.2) is 0 Å². The van der Waals surface area contributed by atoms with Crippen molar-refractivity contribution in [1.82, 2.24) is 0 Å². The number of ether oxygens (including phenoxy) is 2. The van der Waals surface area contributed by atoms with E-state index in [1.807, 2.05) is 18.2 Å². The molecule has 3 heteroatoms. The van der Waals surface area contributed by atoms with Crippen LogP contribution in [0.3, 0.4) is 0 Å². The van der Waals surface area contributed by atoms with E-state index in [0.29, 0.717) is 16.8 Å². The number of alkyl halides is 1. The molecule has 2 rings (SSSR count). The Morgan fingerprint density at radius 1 is 1.38 bits per heavy atom. The van der Waals surface area contributed by atoms with E-state index in [-0.39, 0.29) is 6.10 Å². The van der Waals surface area contributed by atoms with E-state index in [4.69, 9.17) is 9.47 Å². The van der Waals surface area contributed by atoms with Crippen molar-refractivity contribution in [1.29, 1.82) is 0 Å². The predicted octanol–water partition coefficient (Wildman–Crippen LogP) is 3.55. The van der Waals surface area contributed by atoms with Crippen molar-refractivity contribution >= 4 is 15.9 Å². The van der Waals surface area contributed by atoms with Crippen molar-refractivity contribution < 1.29 is 9.47 Å². The molecule has 2 nitrogen and oxygen atoms in total. The summed E-state index contributed by atoms with van der Waals surface area (Å²) in [5.41, 5.74) is 1.18. The standard InChI is InChI=1S/C13H17BrO2/c1-8(2)12-11(14)13(16-12)9-5-4-6-10(7-9)15-3/h4-8,11-13H,1-3H3. The van der Waals surface area contributed by atoms with Gasteiger partial charge in [-0.1, -0.05) is 41.9 Å². The Labute approximate surface area is 105 Å². The summed E-state index contributed by atoms with van der Waals surface area (Å²) < 4.78 is 11.1. The molecule has 0 saturated carbocycles. The van der Waals surface area contributed by atoms with Gasteiger partial charge in [0.05, 0.1) is 24.1 Å². The van der Waals surface area contributed by atoms with E-state index in [1.165, 1.54) is 5.56 Å². The number of hydrogen-bond donors (Lipinski definition) is 0. The summed E-state index contributed by atoms with van der Waals surface area (Å²) >= 11 is 3.71. The molecular weight excluding hydrogens is 268 g/mol. The minimum atomic E-state index is 0.155. The lowest BCUT2D eigenvalue weighted by molar-refractivity contribution is -0.136. The molecule has 1 aliphatic heterocycles. The summed E-state index contributed by atoms with van der Waals surface area (Å²) in [6.45, 7) is 4.36. The van der Waals surface area contributed by atoms with Crippen LogP contribution in [-0.2, 0) is 4.74 Å². The first kappa shape index (κ1) is 11.9. The molecule has 0 N–H and O–H groups in total. The molecule has 16 heavy (non-hydrogen) atoms. The Morgan fingerprint density at radius 3 is 2.69 bits per heavy atom. The molecule has 1 heterocycles. The van der Waals surface area contributed by atoms with Gasteiger partial charge in [0.1, 0.15) is 5.75 Å². The first-order valence-corrected chi connectivity index (χ1v) is 6.48. The maximum Gasteiger partial charge on any atom is 0.119 e. The van der Waals surface area contributed by atoms with E-state index < -0.39 is 0 Å². The van der Waals surface area contributed by atoms with E-state index in [9.17, 15) is 0 Å². The maximum absolute atomic E-state index is 5.90. The van der Waals surface area contributed by atoms with Crippen LogP contribution in [-0.4, -0.2) is 18.0 Å². The Balaban J connectivity index is 2.09. The third-order valence-corrected chi connectivity index (χ3v) is 3.99. The fourth-order valence-corrected chi connectivity index (χ4v) is 3.17. The predicted molar refractivity (Wildman–Crippen MR) is 68.2 cm³/mol. The summed E-state index contributed by atoms with van der Waals surface area (Å²) in [6.07, 6.45) is 0.471.